The second kappa shape index (κ2) is 6.35. The third-order valence-corrected chi connectivity index (χ3v) is 3.93. The number of carbonyl (C=O) groups is 2. The Bertz CT molecular complexity index is 507. The number of carboxylic acids is 1. The van der Waals surface area contributed by atoms with Gasteiger partial charge in [0.25, 0.3) is 5.91 Å². The Kier molecular flexibility index (Phi) is 4.75. The van der Waals surface area contributed by atoms with Crippen LogP contribution in [0, 0.1) is 11.7 Å². The topological polar surface area (TPSA) is 57.6 Å². The monoisotopic (exact) mass is 343 g/mol. The van der Waals surface area contributed by atoms with Gasteiger partial charge < -0.3 is 10.0 Å². The third kappa shape index (κ3) is 3.79. The summed E-state index contributed by atoms with van der Waals surface area (Å²) in [4.78, 5) is 24.6. The molecule has 1 aromatic rings. The molecule has 2 rings (SSSR count). The average molecular weight is 344 g/mol. The van der Waals surface area contributed by atoms with Gasteiger partial charge >= 0.3 is 5.97 Å². The normalized spacial score (nSPS) is 16.2. The van der Waals surface area contributed by atoms with Gasteiger partial charge in [0.2, 0.25) is 0 Å². The highest BCUT2D eigenvalue weighted by Crippen LogP contribution is 2.23. The second-order valence-corrected chi connectivity index (χ2v) is 5.91. The smallest absolute Gasteiger partial charge is 0.303 e. The number of rotatable bonds is 3. The number of amides is 1. The zero-order chi connectivity index (χ0) is 14.7. The lowest BCUT2D eigenvalue weighted by molar-refractivity contribution is -0.138. The molecule has 1 N–H and O–H groups in total. The summed E-state index contributed by atoms with van der Waals surface area (Å²) in [6.45, 7) is 1.04. The van der Waals surface area contributed by atoms with Crippen LogP contribution >= 0.6 is 15.9 Å². The Morgan fingerprint density at radius 3 is 2.50 bits per heavy atom. The third-order valence-electron chi connectivity index (χ3n) is 3.47. The van der Waals surface area contributed by atoms with Crippen molar-refractivity contribution in [1.82, 2.24) is 4.90 Å². The molecule has 20 heavy (non-hydrogen) atoms. The first kappa shape index (κ1) is 15.0. The molecule has 6 heteroatoms. The number of aliphatic carboxylic acids is 1. The van der Waals surface area contributed by atoms with Crippen molar-refractivity contribution in [2.24, 2.45) is 5.92 Å². The first-order valence-electron chi connectivity index (χ1n) is 6.43. The number of carboxylic acid groups (broad SMARTS) is 1. The van der Waals surface area contributed by atoms with E-state index in [2.05, 4.69) is 15.9 Å². The molecule has 0 spiro atoms. The van der Waals surface area contributed by atoms with E-state index in [4.69, 9.17) is 5.11 Å². The van der Waals surface area contributed by atoms with Crippen LogP contribution in [0.15, 0.2) is 22.7 Å². The van der Waals surface area contributed by atoms with E-state index >= 15 is 0 Å². The van der Waals surface area contributed by atoms with Crippen LogP contribution in [-0.4, -0.2) is 35.0 Å². The Balaban J connectivity index is 1.99. The molecule has 0 bridgehead atoms. The molecule has 0 saturated carbocycles. The molecular weight excluding hydrogens is 329 g/mol. The SMILES string of the molecule is O=C(O)CC1CCN(C(=O)c2cc(F)cc(Br)c2)CC1. The summed E-state index contributed by atoms with van der Waals surface area (Å²) in [5.41, 5.74) is 0.313. The Labute approximate surface area is 124 Å². The lowest BCUT2D eigenvalue weighted by atomic mass is 9.93. The minimum absolute atomic E-state index is 0.121. The zero-order valence-electron chi connectivity index (χ0n) is 10.8. The molecule has 4 nitrogen and oxygen atoms in total. The van der Waals surface area contributed by atoms with Crippen LogP contribution in [0.25, 0.3) is 0 Å². The summed E-state index contributed by atoms with van der Waals surface area (Å²) < 4.78 is 13.8. The highest BCUT2D eigenvalue weighted by atomic mass is 79.9. The minimum Gasteiger partial charge on any atom is -0.481 e. The second-order valence-electron chi connectivity index (χ2n) is 4.99. The summed E-state index contributed by atoms with van der Waals surface area (Å²) in [5.74, 6) is -1.35. The zero-order valence-corrected chi connectivity index (χ0v) is 12.4. The first-order valence-corrected chi connectivity index (χ1v) is 7.22. The maximum Gasteiger partial charge on any atom is 0.303 e. The van der Waals surface area contributed by atoms with E-state index in [0.29, 0.717) is 36.0 Å². The van der Waals surface area contributed by atoms with Gasteiger partial charge in [0, 0.05) is 29.5 Å². The quantitative estimate of drug-likeness (QED) is 0.917. The predicted octanol–water partition coefficient (Wildman–Crippen LogP) is 2.92. The Morgan fingerprint density at radius 2 is 1.95 bits per heavy atom. The largest absolute Gasteiger partial charge is 0.481 e. The summed E-state index contributed by atoms with van der Waals surface area (Å²) in [5, 5.41) is 8.75. The number of hydrogen-bond acceptors (Lipinski definition) is 2. The van der Waals surface area contributed by atoms with E-state index in [1.807, 2.05) is 0 Å². The van der Waals surface area contributed by atoms with E-state index in [-0.39, 0.29) is 18.2 Å². The van der Waals surface area contributed by atoms with Crippen molar-refractivity contribution >= 4 is 27.8 Å². The number of halogens is 2. The van der Waals surface area contributed by atoms with Crippen molar-refractivity contribution in [3.05, 3.63) is 34.1 Å². The fraction of sp³-hybridized carbons (Fsp3) is 0.429. The predicted molar refractivity (Wildman–Crippen MR) is 75.0 cm³/mol. The Hall–Kier alpha value is -1.43. The fourth-order valence-electron chi connectivity index (χ4n) is 2.45. The van der Waals surface area contributed by atoms with Gasteiger partial charge in [0.15, 0.2) is 0 Å². The van der Waals surface area contributed by atoms with Gasteiger partial charge in [-0.25, -0.2) is 4.39 Å². The highest BCUT2D eigenvalue weighted by Gasteiger charge is 2.25. The lowest BCUT2D eigenvalue weighted by Crippen LogP contribution is -2.38. The van der Waals surface area contributed by atoms with Crippen LogP contribution in [0.3, 0.4) is 0 Å². The summed E-state index contributed by atoms with van der Waals surface area (Å²) >= 11 is 3.17. The highest BCUT2D eigenvalue weighted by molar-refractivity contribution is 9.10. The van der Waals surface area contributed by atoms with Crippen LogP contribution in [0.1, 0.15) is 29.6 Å². The van der Waals surface area contributed by atoms with Gasteiger partial charge in [-0.05, 0) is 37.0 Å². The molecule has 0 aliphatic carbocycles. The average Bonchev–Trinajstić information content (AvgIpc) is 2.37. The van der Waals surface area contributed by atoms with Crippen molar-refractivity contribution in [2.45, 2.75) is 19.3 Å². The molecule has 0 atom stereocenters. The van der Waals surface area contributed by atoms with Crippen molar-refractivity contribution in [1.29, 1.82) is 0 Å². The summed E-state index contributed by atoms with van der Waals surface area (Å²) in [6.07, 6.45) is 1.50. The minimum atomic E-state index is -0.802. The molecule has 1 amide bonds. The molecule has 108 valence electrons. The van der Waals surface area contributed by atoms with Crippen LogP contribution in [0.2, 0.25) is 0 Å². The lowest BCUT2D eigenvalue weighted by Gasteiger charge is -2.31. The van der Waals surface area contributed by atoms with Gasteiger partial charge in [-0.2, -0.15) is 0 Å². The van der Waals surface area contributed by atoms with Gasteiger partial charge in [0.1, 0.15) is 5.82 Å². The van der Waals surface area contributed by atoms with Crippen LogP contribution in [-0.2, 0) is 4.79 Å². The molecule has 0 unspecified atom stereocenters. The molecule has 1 heterocycles. The van der Waals surface area contributed by atoms with Crippen molar-refractivity contribution in [3.63, 3.8) is 0 Å². The summed E-state index contributed by atoms with van der Waals surface area (Å²) in [6, 6.07) is 4.11. The van der Waals surface area contributed by atoms with Crippen LogP contribution < -0.4 is 0 Å². The molecule has 0 radical (unpaired) electrons. The van der Waals surface area contributed by atoms with Gasteiger partial charge in [-0.3, -0.25) is 9.59 Å². The van der Waals surface area contributed by atoms with Crippen LogP contribution in [0.4, 0.5) is 4.39 Å². The summed E-state index contributed by atoms with van der Waals surface area (Å²) in [7, 11) is 0. The van der Waals surface area contributed by atoms with Crippen molar-refractivity contribution < 1.29 is 19.1 Å². The number of hydrogen-bond donors (Lipinski definition) is 1. The van der Waals surface area contributed by atoms with Gasteiger partial charge in [0.05, 0.1) is 0 Å². The van der Waals surface area contributed by atoms with Crippen molar-refractivity contribution in [3.8, 4) is 0 Å². The molecule has 0 aromatic heterocycles. The van der Waals surface area contributed by atoms with Crippen molar-refractivity contribution in [2.75, 3.05) is 13.1 Å². The number of carbonyl (C=O) groups excluding carboxylic acids is 1. The molecular formula is C14H15BrFNO3. The standard InChI is InChI=1S/C14H15BrFNO3/c15-11-6-10(7-12(16)8-11)14(20)17-3-1-9(2-4-17)5-13(18)19/h6-9H,1-5H2,(H,18,19). The molecule has 1 aliphatic rings. The maximum absolute atomic E-state index is 13.3. The fourth-order valence-corrected chi connectivity index (χ4v) is 2.91. The number of benzene rings is 1. The molecule has 1 aromatic carbocycles. The number of piperidine rings is 1. The van der Waals surface area contributed by atoms with E-state index in [9.17, 15) is 14.0 Å². The van der Waals surface area contributed by atoms with E-state index in [1.165, 1.54) is 12.1 Å². The number of nitrogens with zero attached hydrogens (tertiary/aromatic N) is 1. The maximum atomic E-state index is 13.3. The molecule has 1 saturated heterocycles. The van der Waals surface area contributed by atoms with Gasteiger partial charge in [-0.15, -0.1) is 0 Å². The van der Waals surface area contributed by atoms with E-state index in [1.54, 1.807) is 11.0 Å². The molecule has 1 fully saturated rings. The Morgan fingerprint density at radius 1 is 1.30 bits per heavy atom. The van der Waals surface area contributed by atoms with E-state index in [0.717, 1.165) is 0 Å². The van der Waals surface area contributed by atoms with E-state index < -0.39 is 11.8 Å². The first-order chi connectivity index (χ1) is 9.45. The van der Waals surface area contributed by atoms with Gasteiger partial charge in [-0.1, -0.05) is 15.9 Å². The molecule has 1 aliphatic heterocycles. The van der Waals surface area contributed by atoms with Crippen LogP contribution in [0.5, 0.6) is 0 Å². The number of likely N-dealkylation sites (tertiary alicyclic amines) is 1.